The van der Waals surface area contributed by atoms with Crippen molar-refractivity contribution in [3.8, 4) is 0 Å². The fourth-order valence-electron chi connectivity index (χ4n) is 13.0. The van der Waals surface area contributed by atoms with E-state index >= 15 is 0 Å². The van der Waals surface area contributed by atoms with Gasteiger partial charge in [-0.1, -0.05) is 167 Å². The smallest absolute Gasteiger partial charge is 0.295 e. The highest BCUT2D eigenvalue weighted by Crippen LogP contribution is 2.27. The number of nitrogens with zero attached hydrogens (tertiary/aromatic N) is 5. The molecule has 9 rings (SSSR count). The first-order chi connectivity index (χ1) is 62.2. The first kappa shape index (κ1) is 128. The summed E-state index contributed by atoms with van der Waals surface area (Å²) in [6.07, 6.45) is 3.21. The van der Waals surface area contributed by atoms with Crippen molar-refractivity contribution in [1.82, 2.24) is 57.2 Å². The van der Waals surface area contributed by atoms with Gasteiger partial charge in [0.2, 0.25) is 35.4 Å². The number of aliphatic hydroxyl groups excluding tert-OH is 8. The Morgan fingerprint density at radius 1 is 0.424 bits per heavy atom. The van der Waals surface area contributed by atoms with Crippen LogP contribution in [0.4, 0.5) is 0 Å². The molecule has 0 radical (unpaired) electrons. The molecular formula is C94H179N13O23S2+2. The van der Waals surface area contributed by atoms with E-state index < -0.39 is 25.8 Å². The fraction of sp³-hybridized carbons (Fsp3) is 0.766. The monoisotopic (exact) mass is 1920 g/mol. The van der Waals surface area contributed by atoms with Crippen molar-refractivity contribution in [2.24, 2.45) is 53.3 Å². The van der Waals surface area contributed by atoms with Crippen molar-refractivity contribution in [1.29, 1.82) is 0 Å². The zero-order chi connectivity index (χ0) is 100. The second kappa shape index (κ2) is 73.1. The van der Waals surface area contributed by atoms with Gasteiger partial charge in [-0.3, -0.25) is 47.7 Å². The van der Waals surface area contributed by atoms with Gasteiger partial charge in [-0.2, -0.15) is 16.8 Å². The number of quaternary nitrogens is 2. The number of rotatable bonds is 50. The summed E-state index contributed by atoms with van der Waals surface area (Å²) in [6.45, 7) is 62.2. The third-order valence-electron chi connectivity index (χ3n) is 21.8. The molecule has 0 aliphatic carbocycles. The van der Waals surface area contributed by atoms with Crippen LogP contribution >= 0.6 is 0 Å². The third-order valence-corrected chi connectivity index (χ3v) is 23.6. The van der Waals surface area contributed by atoms with E-state index in [2.05, 4.69) is 80.0 Å². The van der Waals surface area contributed by atoms with E-state index in [1.807, 2.05) is 109 Å². The van der Waals surface area contributed by atoms with Gasteiger partial charge in [-0.05, 0) is 91.4 Å². The van der Waals surface area contributed by atoms with Gasteiger partial charge < -0.3 is 111 Å². The summed E-state index contributed by atoms with van der Waals surface area (Å²) in [4.78, 5) is 74.5. The minimum absolute atomic E-state index is 0.00319. The first-order valence-electron chi connectivity index (χ1n) is 47.3. The van der Waals surface area contributed by atoms with Crippen LogP contribution in [0, 0.1) is 53.3 Å². The molecule has 6 fully saturated rings. The summed E-state index contributed by atoms with van der Waals surface area (Å²) in [5.41, 5.74) is 0.961. The van der Waals surface area contributed by atoms with Crippen LogP contribution in [0.3, 0.4) is 0 Å². The molecule has 3 aromatic rings. The Morgan fingerprint density at radius 2 is 0.818 bits per heavy atom. The highest BCUT2D eigenvalue weighted by Gasteiger charge is 2.39. The number of aryl methyl sites for hydroxylation is 1. The third kappa shape index (κ3) is 59.8. The van der Waals surface area contributed by atoms with Crippen molar-refractivity contribution >= 4 is 66.5 Å². The van der Waals surface area contributed by atoms with E-state index in [-0.39, 0.29) is 140 Å². The molecule has 6 amide bonds. The number of fused-ring (bicyclic) bond motifs is 7. The van der Waals surface area contributed by atoms with Gasteiger partial charge in [0.15, 0.2) is 0 Å². The predicted molar refractivity (Wildman–Crippen MR) is 520 cm³/mol. The fourth-order valence-corrected chi connectivity index (χ4v) is 14.2. The Morgan fingerprint density at radius 3 is 1.22 bits per heavy atom. The molecule has 768 valence electrons. The summed E-state index contributed by atoms with van der Waals surface area (Å²) in [7, 11) is -6.63. The average molecular weight is 1920 g/mol. The zero-order valence-electron chi connectivity index (χ0n) is 83.6. The minimum atomic E-state index is -4.25. The van der Waals surface area contributed by atoms with Crippen LogP contribution in [0.15, 0.2) is 70.5 Å². The maximum Gasteiger partial charge on any atom is 0.295 e. The molecule has 38 heteroatoms. The molecule has 132 heavy (non-hydrogen) atoms. The van der Waals surface area contributed by atoms with E-state index in [0.717, 1.165) is 68.6 Å². The number of carbonyl (C=O) groups is 6. The molecule has 6 aliphatic rings. The molecule has 6 aliphatic heterocycles. The lowest BCUT2D eigenvalue weighted by atomic mass is 10.0. The zero-order valence-corrected chi connectivity index (χ0v) is 85.2. The molecule has 0 saturated carbocycles. The molecule has 6 saturated heterocycles. The van der Waals surface area contributed by atoms with Crippen LogP contribution in [-0.4, -0.2) is 394 Å². The Kier molecular flexibility index (Phi) is 70.8. The van der Waals surface area contributed by atoms with E-state index in [1.54, 1.807) is 42.3 Å². The molecule has 4 bridgehead atoms. The van der Waals surface area contributed by atoms with Gasteiger partial charge in [0.25, 0.3) is 20.2 Å². The number of piperazine rings is 6. The second-order valence-corrected chi connectivity index (χ2v) is 39.7. The highest BCUT2D eigenvalue weighted by molar-refractivity contribution is 7.86. The SMILES string of the molecule is CC(C)C(=O)N(C)CCOCCO.CC(C)C(=O)NCCC[N+]12CCN(CC1)CC2.CC(C)C(=O)NCCCc1cccc2c(S(=O)(=O)O)cccc12.CC(C)C(=O)NCCOCCO.CC(C)C(=O)NCC[N+]12CCN(CC1)CC2.CC(C)C(=O)NCCc1ccc(S(=O)(=O)O)cc1.CC(C)CNC(CO)(CO)CO.CC(C)CNC(CO)CO.CC(C)CNCCOCCO. The predicted octanol–water partition coefficient (Wildman–Crippen LogP) is 2.89. The Balaban J connectivity index is 0. The summed E-state index contributed by atoms with van der Waals surface area (Å²) in [6, 6.07) is 16.0. The molecular weight excluding hydrogens is 1740 g/mol. The van der Waals surface area contributed by atoms with E-state index in [1.165, 1.54) is 112 Å². The molecule has 0 unspecified atom stereocenters. The Labute approximate surface area is 791 Å². The molecule has 6 heterocycles. The molecule has 0 spiro atoms. The number of amides is 6. The van der Waals surface area contributed by atoms with Gasteiger partial charge in [0.05, 0.1) is 168 Å². The van der Waals surface area contributed by atoms with Gasteiger partial charge in [0, 0.05) is 133 Å². The maximum atomic E-state index is 11.5. The van der Waals surface area contributed by atoms with Crippen molar-refractivity contribution < 1.29 is 119 Å². The summed E-state index contributed by atoms with van der Waals surface area (Å²) >= 11 is 0. The lowest BCUT2D eigenvalue weighted by molar-refractivity contribution is -0.941. The lowest BCUT2D eigenvalue weighted by Gasteiger charge is -2.50. The van der Waals surface area contributed by atoms with Crippen molar-refractivity contribution in [3.05, 3.63) is 71.8 Å². The van der Waals surface area contributed by atoms with E-state index in [4.69, 9.17) is 59.6 Å². The summed E-state index contributed by atoms with van der Waals surface area (Å²) in [5.74, 6) is 2.39. The number of ether oxygens (including phenoxy) is 3. The molecule has 0 atom stereocenters. The number of likely N-dealkylation sites (N-methyl/N-ethyl adjacent to an activating group) is 1. The van der Waals surface area contributed by atoms with Crippen LogP contribution in [0.1, 0.15) is 149 Å². The normalized spacial score (nSPS) is 16.6. The highest BCUT2D eigenvalue weighted by atomic mass is 32.2. The topological polar surface area (TPSA) is 507 Å². The van der Waals surface area contributed by atoms with Gasteiger partial charge in [-0.15, -0.1) is 0 Å². The number of aliphatic hydroxyl groups is 8. The maximum absolute atomic E-state index is 11.5. The Hall–Kier alpha value is -6.16. The van der Waals surface area contributed by atoms with Crippen LogP contribution in [0.25, 0.3) is 10.8 Å². The van der Waals surface area contributed by atoms with E-state index in [9.17, 15) is 50.2 Å². The van der Waals surface area contributed by atoms with Gasteiger partial charge in [-0.25, -0.2) is 0 Å². The van der Waals surface area contributed by atoms with Crippen molar-refractivity contribution in [2.45, 2.75) is 172 Å². The molecule has 3 aromatic carbocycles. The second-order valence-electron chi connectivity index (χ2n) is 36.9. The van der Waals surface area contributed by atoms with Crippen LogP contribution in [0.2, 0.25) is 0 Å². The molecule has 18 N–H and O–H groups in total. The van der Waals surface area contributed by atoms with Gasteiger partial charge >= 0.3 is 0 Å². The van der Waals surface area contributed by atoms with Gasteiger partial charge in [0.1, 0.15) is 4.90 Å². The quantitative estimate of drug-likeness (QED) is 0.0219. The lowest BCUT2D eigenvalue weighted by Crippen LogP contribution is -2.68. The number of carbonyl (C=O) groups excluding carboxylic acids is 6. The first-order valence-corrected chi connectivity index (χ1v) is 50.2. The number of hydrogen-bond acceptors (Lipinski definition) is 26. The van der Waals surface area contributed by atoms with Crippen LogP contribution < -0.4 is 42.5 Å². The van der Waals surface area contributed by atoms with Crippen molar-refractivity contribution in [2.75, 3.05) is 257 Å². The summed E-state index contributed by atoms with van der Waals surface area (Å²) < 4.78 is 80.3. The van der Waals surface area contributed by atoms with Crippen LogP contribution in [-0.2, 0) is 76.1 Å². The number of hydrogen-bond donors (Lipinski definition) is 18. The minimum Gasteiger partial charge on any atom is -0.395 e. The number of benzene rings is 3. The van der Waals surface area contributed by atoms with Crippen molar-refractivity contribution in [3.63, 3.8) is 0 Å². The van der Waals surface area contributed by atoms with E-state index in [0.29, 0.717) is 108 Å². The number of nitrogens with one attached hydrogen (secondary N) is 8. The molecule has 0 aromatic heterocycles. The average Bonchev–Trinajstić information content (AvgIpc) is 0.783. The van der Waals surface area contributed by atoms with Crippen LogP contribution in [0.5, 0.6) is 0 Å². The summed E-state index contributed by atoms with van der Waals surface area (Å²) in [5, 5.41) is 94.0. The standard InChI is InChI=1S/C17H21NO4S.C13H25N3O.C12H23N3O.C12H17NO4S.C9H19NO3.C8H19NO3.C8H17NO3.C8H19NO2.C7H17NO2/c1-12(2)17(19)18-11-5-7-13-6-3-9-15-14(13)8-4-10-16(15)23(20,21)22;1-12(2)13(17)14-4-3-8-16-9-5-15(6-10-16)7-11-16;1-11(2)12(16)13-3-7-15-8-4-14(5-9-15)6-10-15;1-9(2)12(14)13-8-7-10-3-5-11(6-4-10)18(15,16)17;1-8(2)9(12)10(3)4-6-13-7-5-11;1-7(2)3-9-8(4-10,5-11)6-12;1-7(2)8(11)9-3-5-12-6-4-10;1-8(2)7-9-3-5-11-6-4-10;1-6(2)3-8-7(4-9)5-10/h3-4,6,8-10,12H,5,7,11H2,1-2H3,(H,18,19)(H,20,21,22);12H,3-11H2,1-2H3;11H,3-10H2,1-2H3;3-6,9H,7-8H2,1-2H3,(H,13,14)(H,15,16,17);8,11H,4-7H2,1-3H3;7,9-12H,3-6H2,1-2H3;7,10H,3-6H2,1-2H3,(H,9,11);8-10H,3-7H2,1-2H3;6-10H,3-5H2,1-2H3/p+2. The largest absolute Gasteiger partial charge is 0.395 e. The Bertz CT molecular complexity index is 3720. The molecule has 36 nitrogen and oxygen atoms in total.